The molecule has 5 nitrogen and oxygen atoms in total. The van der Waals surface area contributed by atoms with E-state index in [1.54, 1.807) is 32.9 Å². The van der Waals surface area contributed by atoms with Gasteiger partial charge in [-0.25, -0.2) is 4.79 Å². The van der Waals surface area contributed by atoms with Crippen LogP contribution < -0.4 is 5.32 Å². The van der Waals surface area contributed by atoms with Crippen molar-refractivity contribution in [1.82, 2.24) is 5.32 Å². The molecule has 0 saturated heterocycles. The molecule has 1 N–H and O–H groups in total. The first-order valence-corrected chi connectivity index (χ1v) is 5.38. The van der Waals surface area contributed by atoms with Crippen molar-refractivity contribution in [2.24, 2.45) is 0 Å². The summed E-state index contributed by atoms with van der Waals surface area (Å²) in [5, 5.41) is 2.40. The number of ether oxygens (including phenoxy) is 1. The summed E-state index contributed by atoms with van der Waals surface area (Å²) in [5.41, 5.74) is -0.561. The van der Waals surface area contributed by atoms with E-state index in [1.807, 2.05) is 0 Å². The highest BCUT2D eigenvalue weighted by atomic mass is 16.6. The average molecular weight is 239 g/mol. The Bertz CT molecular complexity index is 376. The molecule has 1 aromatic heterocycles. The number of furan rings is 1. The van der Waals surface area contributed by atoms with Crippen LogP contribution in [0.3, 0.4) is 0 Å². The zero-order chi connectivity index (χ0) is 12.9. The molecule has 1 heterocycles. The number of carbonyl (C=O) groups excluding carboxylic acids is 2. The second-order valence-electron chi connectivity index (χ2n) is 4.65. The lowest BCUT2D eigenvalue weighted by molar-refractivity contribution is -0.117. The van der Waals surface area contributed by atoms with Crippen LogP contribution in [-0.4, -0.2) is 24.0 Å². The van der Waals surface area contributed by atoms with Crippen LogP contribution in [0.1, 0.15) is 26.5 Å². The van der Waals surface area contributed by atoms with Crippen LogP contribution in [0.5, 0.6) is 0 Å². The number of alkyl carbamates (subject to hydrolysis) is 1. The molecule has 0 radical (unpaired) electrons. The van der Waals surface area contributed by atoms with Gasteiger partial charge in [-0.05, 0) is 32.9 Å². The highest BCUT2D eigenvalue weighted by Gasteiger charge is 2.16. The smallest absolute Gasteiger partial charge is 0.408 e. The van der Waals surface area contributed by atoms with Crippen LogP contribution in [0.15, 0.2) is 22.8 Å². The summed E-state index contributed by atoms with van der Waals surface area (Å²) in [6, 6.07) is 3.43. The minimum absolute atomic E-state index is 0.0599. The van der Waals surface area contributed by atoms with Gasteiger partial charge in [0.1, 0.15) is 11.4 Å². The summed E-state index contributed by atoms with van der Waals surface area (Å²) in [5.74, 6) is 0.451. The lowest BCUT2D eigenvalue weighted by atomic mass is 10.2. The molecule has 0 aliphatic heterocycles. The molecule has 0 bridgehead atoms. The number of nitrogens with one attached hydrogen (secondary N) is 1. The summed E-state index contributed by atoms with van der Waals surface area (Å²) < 4.78 is 10.0. The standard InChI is InChI=1S/C12H17NO4/c1-12(2,3)17-11(15)13-8-9(14)7-10-5-4-6-16-10/h4-6H,7-8H2,1-3H3,(H,13,15). The number of Topliss-reactive ketones (excluding diaryl/α,β-unsaturated/α-hetero) is 1. The van der Waals surface area contributed by atoms with E-state index in [9.17, 15) is 9.59 Å². The Morgan fingerprint density at radius 2 is 2.12 bits per heavy atom. The third kappa shape index (κ3) is 5.75. The normalized spacial score (nSPS) is 11.0. The Morgan fingerprint density at radius 3 is 2.65 bits per heavy atom. The zero-order valence-electron chi connectivity index (χ0n) is 10.3. The Kier molecular flexibility index (Phi) is 4.31. The van der Waals surface area contributed by atoms with Gasteiger partial charge in [-0.15, -0.1) is 0 Å². The molecule has 0 aromatic carbocycles. The largest absolute Gasteiger partial charge is 0.469 e. The molecule has 94 valence electrons. The molecule has 0 unspecified atom stereocenters. The molecule has 5 heteroatoms. The van der Waals surface area contributed by atoms with E-state index in [2.05, 4.69) is 5.32 Å². The summed E-state index contributed by atoms with van der Waals surface area (Å²) >= 11 is 0. The minimum Gasteiger partial charge on any atom is -0.469 e. The van der Waals surface area contributed by atoms with Crippen LogP contribution in [0, 0.1) is 0 Å². The van der Waals surface area contributed by atoms with Crippen molar-refractivity contribution in [3.8, 4) is 0 Å². The van der Waals surface area contributed by atoms with E-state index in [-0.39, 0.29) is 18.7 Å². The molecular formula is C12H17NO4. The molecule has 0 aliphatic rings. The Labute approximate surface area is 100 Å². The van der Waals surface area contributed by atoms with Crippen molar-refractivity contribution in [3.05, 3.63) is 24.2 Å². The van der Waals surface area contributed by atoms with Crippen LogP contribution in [0.2, 0.25) is 0 Å². The number of amides is 1. The Balaban J connectivity index is 2.26. The molecule has 17 heavy (non-hydrogen) atoms. The summed E-state index contributed by atoms with van der Waals surface area (Å²) in [7, 11) is 0. The zero-order valence-corrected chi connectivity index (χ0v) is 10.3. The van der Waals surface area contributed by atoms with E-state index in [0.717, 1.165) is 0 Å². The molecule has 0 fully saturated rings. The highest BCUT2D eigenvalue weighted by molar-refractivity contribution is 5.85. The lowest BCUT2D eigenvalue weighted by Gasteiger charge is -2.19. The predicted molar refractivity (Wildman–Crippen MR) is 61.7 cm³/mol. The number of rotatable bonds is 4. The van der Waals surface area contributed by atoms with Gasteiger partial charge in [-0.1, -0.05) is 0 Å². The van der Waals surface area contributed by atoms with Crippen molar-refractivity contribution < 1.29 is 18.7 Å². The van der Waals surface area contributed by atoms with Crippen LogP contribution in [-0.2, 0) is 16.0 Å². The average Bonchev–Trinajstić information content (AvgIpc) is 2.64. The third-order valence-electron chi connectivity index (χ3n) is 1.78. The molecule has 1 aromatic rings. The van der Waals surface area contributed by atoms with Gasteiger partial charge in [0.25, 0.3) is 0 Å². The van der Waals surface area contributed by atoms with Crippen LogP contribution >= 0.6 is 0 Å². The third-order valence-corrected chi connectivity index (χ3v) is 1.78. The van der Waals surface area contributed by atoms with Gasteiger partial charge in [-0.2, -0.15) is 0 Å². The Morgan fingerprint density at radius 1 is 1.41 bits per heavy atom. The molecule has 0 atom stereocenters. The van der Waals surface area contributed by atoms with E-state index in [1.165, 1.54) is 6.26 Å². The fraction of sp³-hybridized carbons (Fsp3) is 0.500. The summed E-state index contributed by atoms with van der Waals surface area (Å²) in [6.07, 6.45) is 1.08. The fourth-order valence-electron chi connectivity index (χ4n) is 1.15. The van der Waals surface area contributed by atoms with Crippen LogP contribution in [0.25, 0.3) is 0 Å². The Hall–Kier alpha value is -1.78. The lowest BCUT2D eigenvalue weighted by Crippen LogP contribution is -2.35. The van der Waals surface area contributed by atoms with E-state index in [0.29, 0.717) is 5.76 Å². The second-order valence-corrected chi connectivity index (χ2v) is 4.65. The molecule has 0 spiro atoms. The van der Waals surface area contributed by atoms with E-state index >= 15 is 0 Å². The van der Waals surface area contributed by atoms with Gasteiger partial charge in [0.05, 0.1) is 19.2 Å². The van der Waals surface area contributed by atoms with Gasteiger partial charge in [0.2, 0.25) is 0 Å². The van der Waals surface area contributed by atoms with E-state index in [4.69, 9.17) is 9.15 Å². The predicted octanol–water partition coefficient (Wildman–Crippen LogP) is 1.92. The monoisotopic (exact) mass is 239 g/mol. The van der Waals surface area contributed by atoms with Crippen molar-refractivity contribution in [2.75, 3.05) is 6.54 Å². The van der Waals surface area contributed by atoms with Crippen molar-refractivity contribution in [2.45, 2.75) is 32.8 Å². The molecule has 1 amide bonds. The summed E-state index contributed by atoms with van der Waals surface area (Å²) in [4.78, 5) is 22.7. The topological polar surface area (TPSA) is 68.5 Å². The first-order valence-electron chi connectivity index (χ1n) is 5.38. The van der Waals surface area contributed by atoms with Gasteiger partial charge in [0, 0.05) is 0 Å². The first-order chi connectivity index (χ1) is 7.87. The number of ketones is 1. The molecule has 0 saturated carbocycles. The van der Waals surface area contributed by atoms with Gasteiger partial charge in [-0.3, -0.25) is 4.79 Å². The maximum Gasteiger partial charge on any atom is 0.408 e. The second kappa shape index (κ2) is 5.52. The van der Waals surface area contributed by atoms with Gasteiger partial charge >= 0.3 is 6.09 Å². The van der Waals surface area contributed by atoms with Gasteiger partial charge in [0.15, 0.2) is 5.78 Å². The highest BCUT2D eigenvalue weighted by Crippen LogP contribution is 2.06. The van der Waals surface area contributed by atoms with Gasteiger partial charge < -0.3 is 14.5 Å². The van der Waals surface area contributed by atoms with E-state index < -0.39 is 11.7 Å². The van der Waals surface area contributed by atoms with Crippen LogP contribution in [0.4, 0.5) is 4.79 Å². The fourth-order valence-corrected chi connectivity index (χ4v) is 1.15. The maximum atomic E-state index is 11.5. The van der Waals surface area contributed by atoms with Crippen molar-refractivity contribution in [1.29, 1.82) is 0 Å². The van der Waals surface area contributed by atoms with Crippen molar-refractivity contribution in [3.63, 3.8) is 0 Å². The molecule has 0 aliphatic carbocycles. The number of carbonyl (C=O) groups is 2. The summed E-state index contributed by atoms with van der Waals surface area (Å²) in [6.45, 7) is 5.22. The quantitative estimate of drug-likeness (QED) is 0.871. The maximum absolute atomic E-state index is 11.5. The number of hydrogen-bond acceptors (Lipinski definition) is 4. The molecular weight excluding hydrogens is 222 g/mol. The first kappa shape index (κ1) is 13.3. The SMILES string of the molecule is CC(C)(C)OC(=O)NCC(=O)Cc1ccco1. The number of hydrogen-bond donors (Lipinski definition) is 1. The molecule has 1 rings (SSSR count). The minimum atomic E-state index is -0.592. The van der Waals surface area contributed by atoms with Crippen molar-refractivity contribution >= 4 is 11.9 Å².